The standard InChI is InChI=1S/C26H29FN4O3S/c1-34-26(33)17-28-31-22-14-18(2-3-19(22)4-5-25(31)32)6-8-29-9-11-30(12-10-29)23-15-20(27)16-24-21(23)7-13-35-24/h2-3,7,13-16,28H,4-6,8-12,17H2,1H3. The van der Waals surface area contributed by atoms with E-state index in [0.717, 1.165) is 71.7 Å². The monoisotopic (exact) mass is 496 g/mol. The van der Waals surface area contributed by atoms with E-state index in [4.69, 9.17) is 0 Å². The summed E-state index contributed by atoms with van der Waals surface area (Å²) < 4.78 is 19.8. The minimum Gasteiger partial charge on any atom is -0.468 e. The summed E-state index contributed by atoms with van der Waals surface area (Å²) in [5.74, 6) is -0.650. The maximum atomic E-state index is 14.1. The molecule has 2 aliphatic rings. The van der Waals surface area contributed by atoms with Crippen molar-refractivity contribution >= 4 is 44.7 Å². The molecule has 0 unspecified atom stereocenters. The largest absolute Gasteiger partial charge is 0.468 e. The number of ether oxygens (including phenoxy) is 1. The molecule has 2 aliphatic heterocycles. The molecule has 2 aromatic carbocycles. The van der Waals surface area contributed by atoms with Crippen LogP contribution in [0.1, 0.15) is 17.5 Å². The zero-order chi connectivity index (χ0) is 24.4. The average molecular weight is 497 g/mol. The third-order valence-electron chi connectivity index (χ3n) is 6.80. The molecular formula is C26H29FN4O3S. The summed E-state index contributed by atoms with van der Waals surface area (Å²) in [6.45, 7) is 4.40. The molecule has 3 aromatic rings. The Bertz CT molecular complexity index is 1240. The van der Waals surface area contributed by atoms with E-state index in [0.29, 0.717) is 12.8 Å². The number of benzene rings is 2. The summed E-state index contributed by atoms with van der Waals surface area (Å²) in [5.41, 5.74) is 6.96. The van der Waals surface area contributed by atoms with E-state index in [9.17, 15) is 14.0 Å². The van der Waals surface area contributed by atoms with Crippen molar-refractivity contribution in [3.8, 4) is 0 Å². The molecule has 35 heavy (non-hydrogen) atoms. The molecule has 1 fully saturated rings. The van der Waals surface area contributed by atoms with Crippen LogP contribution in [0.4, 0.5) is 15.8 Å². The van der Waals surface area contributed by atoms with Crippen molar-refractivity contribution in [3.63, 3.8) is 0 Å². The van der Waals surface area contributed by atoms with Gasteiger partial charge in [-0.25, -0.2) is 14.8 Å². The molecule has 0 bridgehead atoms. The molecule has 0 saturated carbocycles. The molecule has 0 aliphatic carbocycles. The number of anilines is 2. The molecule has 9 heteroatoms. The topological polar surface area (TPSA) is 65.1 Å². The number of aryl methyl sites for hydroxylation is 1. The van der Waals surface area contributed by atoms with Crippen LogP contribution in [0.5, 0.6) is 0 Å². The number of thiophene rings is 1. The zero-order valence-electron chi connectivity index (χ0n) is 19.8. The number of carbonyl (C=O) groups excluding carboxylic acids is 2. The molecule has 5 rings (SSSR count). The maximum Gasteiger partial charge on any atom is 0.321 e. The third-order valence-corrected chi connectivity index (χ3v) is 7.67. The van der Waals surface area contributed by atoms with Gasteiger partial charge < -0.3 is 9.64 Å². The summed E-state index contributed by atoms with van der Waals surface area (Å²) in [6, 6.07) is 11.6. The second kappa shape index (κ2) is 10.3. The Balaban J connectivity index is 1.20. The highest BCUT2D eigenvalue weighted by Crippen LogP contribution is 2.33. The highest BCUT2D eigenvalue weighted by Gasteiger charge is 2.25. The van der Waals surface area contributed by atoms with E-state index >= 15 is 0 Å². The van der Waals surface area contributed by atoms with Crippen molar-refractivity contribution < 1.29 is 18.7 Å². The summed E-state index contributed by atoms with van der Waals surface area (Å²) >= 11 is 1.57. The highest BCUT2D eigenvalue weighted by atomic mass is 32.1. The van der Waals surface area contributed by atoms with E-state index in [2.05, 4.69) is 38.2 Å². The SMILES string of the molecule is COC(=O)CNN1C(=O)CCc2ccc(CCN3CCN(c4cc(F)cc5sccc45)CC3)cc21. The quantitative estimate of drug-likeness (QED) is 0.506. The van der Waals surface area contributed by atoms with Crippen LogP contribution in [0.2, 0.25) is 0 Å². The second-order valence-corrected chi connectivity index (χ2v) is 9.89. The number of hydrogen-bond donors (Lipinski definition) is 1. The smallest absolute Gasteiger partial charge is 0.321 e. The number of nitrogens with zero attached hydrogens (tertiary/aromatic N) is 3. The summed E-state index contributed by atoms with van der Waals surface area (Å²) in [7, 11) is 1.33. The van der Waals surface area contributed by atoms with Gasteiger partial charge in [-0.1, -0.05) is 12.1 Å². The minimum atomic E-state index is -0.418. The van der Waals surface area contributed by atoms with Crippen LogP contribution in [0.3, 0.4) is 0 Å². The summed E-state index contributed by atoms with van der Waals surface area (Å²) in [5, 5.41) is 4.63. The van der Waals surface area contributed by atoms with Crippen LogP contribution in [0, 0.1) is 5.82 Å². The molecule has 1 N–H and O–H groups in total. The molecule has 0 atom stereocenters. The van der Waals surface area contributed by atoms with Crippen molar-refractivity contribution in [3.05, 3.63) is 58.7 Å². The lowest BCUT2D eigenvalue weighted by atomic mass is 9.99. The Morgan fingerprint density at radius 3 is 2.71 bits per heavy atom. The number of halogens is 1. The predicted molar refractivity (Wildman–Crippen MR) is 136 cm³/mol. The van der Waals surface area contributed by atoms with Crippen molar-refractivity contribution in [2.24, 2.45) is 0 Å². The number of amides is 1. The molecular weight excluding hydrogens is 467 g/mol. The number of hydrazine groups is 1. The van der Waals surface area contributed by atoms with Crippen LogP contribution in [-0.2, 0) is 27.2 Å². The summed E-state index contributed by atoms with van der Waals surface area (Å²) in [6.07, 6.45) is 1.97. The number of carbonyl (C=O) groups is 2. The third kappa shape index (κ3) is 5.17. The van der Waals surface area contributed by atoms with Crippen LogP contribution in [-0.4, -0.2) is 63.2 Å². The molecule has 1 aromatic heterocycles. The van der Waals surface area contributed by atoms with E-state index < -0.39 is 5.97 Å². The number of fused-ring (bicyclic) bond motifs is 2. The highest BCUT2D eigenvalue weighted by molar-refractivity contribution is 7.17. The van der Waals surface area contributed by atoms with Crippen molar-refractivity contribution in [2.75, 3.05) is 56.3 Å². The van der Waals surface area contributed by atoms with Gasteiger partial charge in [0.2, 0.25) is 5.91 Å². The van der Waals surface area contributed by atoms with Gasteiger partial charge in [0.25, 0.3) is 0 Å². The first-order valence-corrected chi connectivity index (χ1v) is 12.8. The fourth-order valence-corrected chi connectivity index (χ4v) is 5.67. The van der Waals surface area contributed by atoms with E-state index in [1.807, 2.05) is 11.4 Å². The van der Waals surface area contributed by atoms with Crippen molar-refractivity contribution in [2.45, 2.75) is 19.3 Å². The fraction of sp³-hybridized carbons (Fsp3) is 0.385. The average Bonchev–Trinajstić information content (AvgIpc) is 3.35. The number of rotatable bonds is 7. The second-order valence-electron chi connectivity index (χ2n) is 8.94. The minimum absolute atomic E-state index is 0.0493. The van der Waals surface area contributed by atoms with Gasteiger partial charge in [0.05, 0.1) is 12.8 Å². The van der Waals surface area contributed by atoms with Crippen LogP contribution in [0.15, 0.2) is 41.8 Å². The molecule has 0 spiro atoms. The van der Waals surface area contributed by atoms with Gasteiger partial charge >= 0.3 is 5.97 Å². The summed E-state index contributed by atoms with van der Waals surface area (Å²) in [4.78, 5) is 28.7. The van der Waals surface area contributed by atoms with Gasteiger partial charge in [-0.3, -0.25) is 14.5 Å². The number of hydrogen-bond acceptors (Lipinski definition) is 7. The van der Waals surface area contributed by atoms with Gasteiger partial charge in [-0.15, -0.1) is 11.3 Å². The van der Waals surface area contributed by atoms with Crippen LogP contribution < -0.4 is 15.3 Å². The number of methoxy groups -OCH3 is 1. The first-order valence-electron chi connectivity index (χ1n) is 11.9. The lowest BCUT2D eigenvalue weighted by molar-refractivity contribution is -0.139. The molecule has 0 radical (unpaired) electrons. The Morgan fingerprint density at radius 2 is 1.91 bits per heavy atom. The Hall–Kier alpha value is -3.01. The molecule has 7 nitrogen and oxygen atoms in total. The number of esters is 1. The first-order chi connectivity index (χ1) is 17.0. The zero-order valence-corrected chi connectivity index (χ0v) is 20.6. The van der Waals surface area contributed by atoms with E-state index in [-0.39, 0.29) is 18.3 Å². The van der Waals surface area contributed by atoms with Gasteiger partial charge in [0, 0.05) is 54.9 Å². The normalized spacial score (nSPS) is 16.6. The van der Waals surface area contributed by atoms with Gasteiger partial charge in [-0.05, 0) is 53.6 Å². The first kappa shape index (κ1) is 23.7. The fourth-order valence-electron chi connectivity index (χ4n) is 4.84. The lowest BCUT2D eigenvalue weighted by Crippen LogP contribution is -2.48. The van der Waals surface area contributed by atoms with Crippen molar-refractivity contribution in [1.29, 1.82) is 0 Å². The molecule has 3 heterocycles. The number of piperazine rings is 1. The Morgan fingerprint density at radius 1 is 1.09 bits per heavy atom. The molecule has 184 valence electrons. The van der Waals surface area contributed by atoms with Crippen LogP contribution >= 0.6 is 11.3 Å². The van der Waals surface area contributed by atoms with E-state index in [1.165, 1.54) is 12.1 Å². The van der Waals surface area contributed by atoms with Gasteiger partial charge in [0.15, 0.2) is 0 Å². The predicted octanol–water partition coefficient (Wildman–Crippen LogP) is 3.36. The van der Waals surface area contributed by atoms with Gasteiger partial charge in [0.1, 0.15) is 12.4 Å². The molecule has 1 amide bonds. The molecule has 1 saturated heterocycles. The van der Waals surface area contributed by atoms with Gasteiger partial charge in [-0.2, -0.15) is 0 Å². The maximum absolute atomic E-state index is 14.1. The van der Waals surface area contributed by atoms with Crippen LogP contribution in [0.25, 0.3) is 10.1 Å². The Labute approximate surface area is 208 Å². The Kier molecular flexibility index (Phi) is 6.99. The van der Waals surface area contributed by atoms with Crippen molar-refractivity contribution in [1.82, 2.24) is 10.3 Å². The lowest BCUT2D eigenvalue weighted by Gasteiger charge is -2.36. The number of nitrogens with one attached hydrogen (secondary N) is 1. The van der Waals surface area contributed by atoms with E-state index in [1.54, 1.807) is 23.5 Å².